The highest BCUT2D eigenvalue weighted by atomic mass is 16.6. The average Bonchev–Trinajstić information content (AvgIpc) is 3.08. The summed E-state index contributed by atoms with van der Waals surface area (Å²) in [6.45, 7) is 4.99. The third kappa shape index (κ3) is 2.61. The standard InChI is InChI=1S/C11H14O2.H4N2/c1-3-7-12-9-6-5-8(4-2)10-11(9)13-10;1-2/h5-6H,3-4,7H2,1-2H3;1-2H2. The van der Waals surface area contributed by atoms with Crippen molar-refractivity contribution >= 4 is 0 Å². The fraction of sp³-hybridized carbons (Fsp3) is 0.455. The van der Waals surface area contributed by atoms with Gasteiger partial charge in [-0.15, -0.1) is 0 Å². The predicted octanol–water partition coefficient (Wildman–Crippen LogP) is 1.96. The maximum Gasteiger partial charge on any atom is 0.212 e. The van der Waals surface area contributed by atoms with Crippen LogP contribution >= 0.6 is 0 Å². The molecular weight excluding hydrogens is 192 g/mol. The van der Waals surface area contributed by atoms with Crippen LogP contribution in [0.1, 0.15) is 25.8 Å². The number of benzene rings is 1. The van der Waals surface area contributed by atoms with Crippen molar-refractivity contribution < 1.29 is 9.47 Å². The van der Waals surface area contributed by atoms with Gasteiger partial charge in [0.25, 0.3) is 0 Å². The molecule has 84 valence electrons. The van der Waals surface area contributed by atoms with Gasteiger partial charge in [-0.1, -0.05) is 19.9 Å². The molecule has 0 fully saturated rings. The highest BCUT2D eigenvalue weighted by molar-refractivity contribution is 5.66. The number of nitrogens with two attached hydrogens (primary N) is 2. The summed E-state index contributed by atoms with van der Waals surface area (Å²) in [5, 5.41) is 0. The zero-order chi connectivity index (χ0) is 11.3. The maximum absolute atomic E-state index is 5.51. The van der Waals surface area contributed by atoms with Crippen LogP contribution in [0.3, 0.4) is 0 Å². The van der Waals surface area contributed by atoms with E-state index < -0.39 is 0 Å². The minimum Gasteiger partial charge on any atom is -0.490 e. The molecular formula is C11H18N2O2. The SMILES string of the molecule is CCCOc1ccc(CC)c2c1O2.NN. The molecule has 1 aliphatic heterocycles. The van der Waals surface area contributed by atoms with Crippen molar-refractivity contribution in [2.45, 2.75) is 26.7 Å². The van der Waals surface area contributed by atoms with Crippen molar-refractivity contribution in [3.8, 4) is 17.2 Å². The molecule has 0 amide bonds. The van der Waals surface area contributed by atoms with Crippen LogP contribution in [-0.2, 0) is 6.42 Å². The Bertz CT molecular complexity index is 327. The van der Waals surface area contributed by atoms with E-state index >= 15 is 0 Å². The Morgan fingerprint density at radius 3 is 2.53 bits per heavy atom. The molecule has 1 heterocycles. The number of fused-ring (bicyclic) bond motifs is 1. The Morgan fingerprint density at radius 1 is 1.20 bits per heavy atom. The van der Waals surface area contributed by atoms with Crippen molar-refractivity contribution in [2.24, 2.45) is 11.7 Å². The van der Waals surface area contributed by atoms with Gasteiger partial charge in [-0.25, -0.2) is 0 Å². The molecule has 0 saturated carbocycles. The van der Waals surface area contributed by atoms with Gasteiger partial charge in [0.05, 0.1) is 6.61 Å². The van der Waals surface area contributed by atoms with Gasteiger partial charge < -0.3 is 9.47 Å². The summed E-state index contributed by atoms with van der Waals surface area (Å²) in [6.07, 6.45) is 2.06. The summed E-state index contributed by atoms with van der Waals surface area (Å²) < 4.78 is 10.9. The van der Waals surface area contributed by atoms with Crippen molar-refractivity contribution in [1.82, 2.24) is 0 Å². The van der Waals surface area contributed by atoms with Crippen LogP contribution in [0, 0.1) is 0 Å². The fourth-order valence-corrected chi connectivity index (χ4v) is 1.38. The minimum absolute atomic E-state index is 0.765. The van der Waals surface area contributed by atoms with E-state index in [0.29, 0.717) is 0 Å². The van der Waals surface area contributed by atoms with Crippen molar-refractivity contribution in [1.29, 1.82) is 0 Å². The number of ether oxygens (including phenoxy) is 2. The van der Waals surface area contributed by atoms with Gasteiger partial charge in [0.15, 0.2) is 11.5 Å². The summed E-state index contributed by atoms with van der Waals surface area (Å²) in [5.74, 6) is 10.9. The van der Waals surface area contributed by atoms with Gasteiger partial charge in [0.1, 0.15) is 0 Å². The summed E-state index contributed by atoms with van der Waals surface area (Å²) in [6, 6.07) is 4.08. The molecule has 0 bridgehead atoms. The van der Waals surface area contributed by atoms with Gasteiger partial charge in [-0.05, 0) is 24.5 Å². The normalized spacial score (nSPS) is 10.7. The number of aryl methyl sites for hydroxylation is 1. The second kappa shape index (κ2) is 5.58. The van der Waals surface area contributed by atoms with E-state index in [1.54, 1.807) is 0 Å². The molecule has 0 spiro atoms. The zero-order valence-electron chi connectivity index (χ0n) is 9.25. The van der Waals surface area contributed by atoms with Gasteiger partial charge in [0, 0.05) is 0 Å². The van der Waals surface area contributed by atoms with Gasteiger partial charge in [0.2, 0.25) is 5.75 Å². The fourth-order valence-electron chi connectivity index (χ4n) is 1.38. The molecule has 0 aromatic heterocycles. The molecule has 0 unspecified atom stereocenters. The number of hydrogen-bond acceptors (Lipinski definition) is 4. The van der Waals surface area contributed by atoms with Crippen molar-refractivity contribution in [2.75, 3.05) is 6.61 Å². The van der Waals surface area contributed by atoms with Gasteiger partial charge in [-0.3, -0.25) is 11.7 Å². The third-order valence-electron chi connectivity index (χ3n) is 2.16. The second-order valence-electron chi connectivity index (χ2n) is 3.19. The summed E-state index contributed by atoms with van der Waals surface area (Å²) in [4.78, 5) is 0. The molecule has 2 rings (SSSR count). The Hall–Kier alpha value is -1.26. The summed E-state index contributed by atoms with van der Waals surface area (Å²) in [5.41, 5.74) is 1.28. The lowest BCUT2D eigenvalue weighted by Gasteiger charge is -2.00. The van der Waals surface area contributed by atoms with E-state index in [-0.39, 0.29) is 0 Å². The highest BCUT2D eigenvalue weighted by Gasteiger charge is 2.28. The van der Waals surface area contributed by atoms with E-state index in [4.69, 9.17) is 9.47 Å². The van der Waals surface area contributed by atoms with E-state index in [2.05, 4.69) is 31.6 Å². The third-order valence-corrected chi connectivity index (χ3v) is 2.16. The lowest BCUT2D eigenvalue weighted by atomic mass is 10.2. The molecule has 1 aromatic carbocycles. The van der Waals surface area contributed by atoms with Crippen LogP contribution in [-0.4, -0.2) is 6.61 Å². The van der Waals surface area contributed by atoms with Crippen LogP contribution in [0.5, 0.6) is 17.2 Å². The molecule has 0 radical (unpaired) electrons. The molecule has 0 saturated heterocycles. The molecule has 0 atom stereocenters. The van der Waals surface area contributed by atoms with Crippen molar-refractivity contribution in [3.05, 3.63) is 17.7 Å². The number of hydrazine groups is 1. The monoisotopic (exact) mass is 210 g/mol. The Balaban J connectivity index is 0.000000531. The first-order chi connectivity index (χ1) is 7.36. The average molecular weight is 210 g/mol. The zero-order valence-corrected chi connectivity index (χ0v) is 9.25. The lowest BCUT2D eigenvalue weighted by molar-refractivity contribution is 0.314. The first kappa shape index (κ1) is 11.8. The van der Waals surface area contributed by atoms with Gasteiger partial charge in [-0.2, -0.15) is 0 Å². The number of rotatable bonds is 4. The molecule has 1 aromatic rings. The largest absolute Gasteiger partial charge is 0.490 e. The first-order valence-corrected chi connectivity index (χ1v) is 5.16. The van der Waals surface area contributed by atoms with Crippen LogP contribution in [0.2, 0.25) is 0 Å². The smallest absolute Gasteiger partial charge is 0.212 e. The van der Waals surface area contributed by atoms with Crippen LogP contribution in [0.15, 0.2) is 12.1 Å². The predicted molar refractivity (Wildman–Crippen MR) is 60.1 cm³/mol. The molecule has 4 heteroatoms. The van der Waals surface area contributed by atoms with E-state index in [1.807, 2.05) is 6.07 Å². The highest BCUT2D eigenvalue weighted by Crippen LogP contribution is 2.54. The topological polar surface area (TPSA) is 73.8 Å². The first-order valence-electron chi connectivity index (χ1n) is 5.16. The van der Waals surface area contributed by atoms with Crippen molar-refractivity contribution in [3.63, 3.8) is 0 Å². The molecule has 15 heavy (non-hydrogen) atoms. The Kier molecular flexibility index (Phi) is 4.39. The lowest BCUT2D eigenvalue weighted by Crippen LogP contribution is -2.02. The quantitative estimate of drug-likeness (QED) is 0.459. The van der Waals surface area contributed by atoms with Gasteiger partial charge >= 0.3 is 0 Å². The molecule has 0 aliphatic carbocycles. The summed E-state index contributed by atoms with van der Waals surface area (Å²) in [7, 11) is 0. The van der Waals surface area contributed by atoms with Crippen LogP contribution in [0.25, 0.3) is 0 Å². The maximum atomic E-state index is 5.51. The molecule has 4 nitrogen and oxygen atoms in total. The summed E-state index contributed by atoms with van der Waals surface area (Å²) >= 11 is 0. The van der Waals surface area contributed by atoms with Crippen LogP contribution in [0.4, 0.5) is 0 Å². The number of hydrogen-bond donors (Lipinski definition) is 2. The second-order valence-corrected chi connectivity index (χ2v) is 3.19. The Labute approximate surface area is 90.1 Å². The minimum atomic E-state index is 0.765. The van der Waals surface area contributed by atoms with E-state index in [1.165, 1.54) is 5.56 Å². The van der Waals surface area contributed by atoms with Crippen LogP contribution < -0.4 is 21.2 Å². The Morgan fingerprint density at radius 2 is 1.93 bits per heavy atom. The molecule has 4 N–H and O–H groups in total. The molecule has 1 aliphatic rings. The van der Waals surface area contributed by atoms with E-state index in [9.17, 15) is 0 Å². The van der Waals surface area contributed by atoms with E-state index in [0.717, 1.165) is 36.7 Å².